The fraction of sp³-hybridized carbons (Fsp3) is 0.424. The van der Waals surface area contributed by atoms with Crippen LogP contribution in [-0.2, 0) is 14.8 Å². The number of hydrogen-bond donors (Lipinski definition) is 0. The van der Waals surface area contributed by atoms with Crippen molar-refractivity contribution < 1.29 is 17.9 Å². The Kier molecular flexibility index (Phi) is 9.75. The smallest absolute Gasteiger partial charge is 0.243 e. The lowest BCUT2D eigenvalue weighted by molar-refractivity contribution is -0.133. The van der Waals surface area contributed by atoms with Crippen LogP contribution in [0.4, 0.5) is 0 Å². The van der Waals surface area contributed by atoms with Gasteiger partial charge >= 0.3 is 0 Å². The first-order chi connectivity index (χ1) is 20.0. The van der Waals surface area contributed by atoms with E-state index in [4.69, 9.17) is 4.74 Å². The Morgan fingerprint density at radius 2 is 1.39 bits per heavy atom. The zero-order valence-electron chi connectivity index (χ0n) is 23.9. The van der Waals surface area contributed by atoms with Gasteiger partial charge in [-0.1, -0.05) is 79.9 Å². The normalized spacial score (nSPS) is 17.2. The standard InChI is InChI=1S/C33H41N3O4S/c1-2-40-30-18-20-31(21-19-30)41(38,39)36(29-16-10-5-11-17-29)26-32(37)34-22-24-35(25-23-34)33(27-12-6-3-7-13-27)28-14-8-4-9-15-28/h3-4,6-9,12-15,18-21,29,33H,2,5,10-11,16-17,22-26H2,1H3. The van der Waals surface area contributed by atoms with E-state index in [1.54, 1.807) is 24.3 Å². The summed E-state index contributed by atoms with van der Waals surface area (Å²) in [5.74, 6) is 0.509. The number of amides is 1. The fourth-order valence-electron chi connectivity index (χ4n) is 6.14. The van der Waals surface area contributed by atoms with E-state index in [9.17, 15) is 13.2 Å². The first-order valence-electron chi connectivity index (χ1n) is 14.8. The SMILES string of the molecule is CCOc1ccc(S(=O)(=O)N(CC(=O)N2CCN(C(c3ccccc3)c3ccccc3)CC2)C2CCCCC2)cc1. The number of benzene rings is 3. The zero-order valence-corrected chi connectivity index (χ0v) is 24.7. The Morgan fingerprint density at radius 3 is 1.93 bits per heavy atom. The second-order valence-electron chi connectivity index (χ2n) is 10.9. The Morgan fingerprint density at radius 1 is 0.829 bits per heavy atom. The van der Waals surface area contributed by atoms with Crippen LogP contribution in [-0.4, -0.2) is 73.8 Å². The average molecular weight is 576 g/mol. The van der Waals surface area contributed by atoms with Crippen molar-refractivity contribution in [1.82, 2.24) is 14.1 Å². The highest BCUT2D eigenvalue weighted by Crippen LogP contribution is 2.31. The molecule has 1 saturated carbocycles. The van der Waals surface area contributed by atoms with Crippen LogP contribution in [0.5, 0.6) is 5.75 Å². The molecule has 2 aliphatic rings. The van der Waals surface area contributed by atoms with E-state index in [1.165, 1.54) is 15.4 Å². The lowest BCUT2D eigenvalue weighted by atomic mass is 9.95. The molecule has 7 nitrogen and oxygen atoms in total. The van der Waals surface area contributed by atoms with Crippen molar-refractivity contribution in [2.45, 2.75) is 56.0 Å². The van der Waals surface area contributed by atoms with Crippen LogP contribution >= 0.6 is 0 Å². The van der Waals surface area contributed by atoms with E-state index >= 15 is 0 Å². The average Bonchev–Trinajstić information content (AvgIpc) is 3.02. The highest BCUT2D eigenvalue weighted by Gasteiger charge is 2.36. The van der Waals surface area contributed by atoms with E-state index in [0.29, 0.717) is 25.4 Å². The molecular weight excluding hydrogens is 534 g/mol. The first-order valence-corrected chi connectivity index (χ1v) is 16.3. The van der Waals surface area contributed by atoms with Crippen molar-refractivity contribution >= 4 is 15.9 Å². The van der Waals surface area contributed by atoms with Gasteiger partial charge in [0.15, 0.2) is 0 Å². The maximum absolute atomic E-state index is 13.9. The van der Waals surface area contributed by atoms with Gasteiger partial charge in [0.2, 0.25) is 15.9 Å². The molecule has 5 rings (SSSR count). The Hall–Kier alpha value is -3.20. The third kappa shape index (κ3) is 7.00. The van der Waals surface area contributed by atoms with Gasteiger partial charge in [0, 0.05) is 32.2 Å². The Labute approximate surface area is 244 Å². The molecule has 1 saturated heterocycles. The van der Waals surface area contributed by atoms with Crippen LogP contribution in [0.2, 0.25) is 0 Å². The molecule has 3 aromatic rings. The third-order valence-corrected chi connectivity index (χ3v) is 10.2. The van der Waals surface area contributed by atoms with E-state index in [2.05, 4.69) is 53.4 Å². The van der Waals surface area contributed by atoms with Gasteiger partial charge < -0.3 is 9.64 Å². The van der Waals surface area contributed by atoms with Crippen molar-refractivity contribution in [1.29, 1.82) is 0 Å². The number of sulfonamides is 1. The van der Waals surface area contributed by atoms with Crippen molar-refractivity contribution in [2.24, 2.45) is 0 Å². The predicted molar refractivity (Wildman–Crippen MR) is 161 cm³/mol. The van der Waals surface area contributed by atoms with Gasteiger partial charge in [-0.25, -0.2) is 8.42 Å². The molecule has 0 unspecified atom stereocenters. The van der Waals surface area contributed by atoms with Crippen LogP contribution < -0.4 is 4.74 Å². The highest BCUT2D eigenvalue weighted by atomic mass is 32.2. The molecule has 1 amide bonds. The van der Waals surface area contributed by atoms with E-state index in [-0.39, 0.29) is 29.4 Å². The molecule has 0 radical (unpaired) electrons. The summed E-state index contributed by atoms with van der Waals surface area (Å²) in [5.41, 5.74) is 2.45. The van der Waals surface area contributed by atoms with Gasteiger partial charge in [-0.15, -0.1) is 0 Å². The predicted octanol–water partition coefficient (Wildman–Crippen LogP) is 5.34. The van der Waals surface area contributed by atoms with E-state index in [0.717, 1.165) is 45.2 Å². The highest BCUT2D eigenvalue weighted by molar-refractivity contribution is 7.89. The van der Waals surface area contributed by atoms with E-state index in [1.807, 2.05) is 24.0 Å². The number of hydrogen-bond acceptors (Lipinski definition) is 5. The lowest BCUT2D eigenvalue weighted by Crippen LogP contribution is -2.53. The van der Waals surface area contributed by atoms with Crippen LogP contribution in [0.1, 0.15) is 56.2 Å². The van der Waals surface area contributed by atoms with Crippen molar-refractivity contribution in [3.63, 3.8) is 0 Å². The Balaban J connectivity index is 1.30. The topological polar surface area (TPSA) is 70.2 Å². The molecule has 1 heterocycles. The molecule has 0 bridgehead atoms. The number of nitrogens with zero attached hydrogens (tertiary/aromatic N) is 3. The molecule has 1 aliphatic heterocycles. The summed E-state index contributed by atoms with van der Waals surface area (Å²) < 4.78 is 34.7. The molecule has 0 N–H and O–H groups in total. The molecule has 0 aromatic heterocycles. The fourth-order valence-corrected chi connectivity index (χ4v) is 7.77. The summed E-state index contributed by atoms with van der Waals surface area (Å²) in [6, 6.07) is 27.4. The molecule has 1 aliphatic carbocycles. The number of piperazine rings is 1. The second kappa shape index (κ2) is 13.6. The van der Waals surface area contributed by atoms with Crippen molar-refractivity contribution in [3.8, 4) is 5.75 Å². The summed E-state index contributed by atoms with van der Waals surface area (Å²) in [6.07, 6.45) is 4.63. The molecule has 3 aromatic carbocycles. The molecule has 8 heteroatoms. The minimum Gasteiger partial charge on any atom is -0.494 e. The summed E-state index contributed by atoms with van der Waals surface area (Å²) in [5, 5.41) is 0. The van der Waals surface area contributed by atoms with Crippen LogP contribution in [0.3, 0.4) is 0 Å². The van der Waals surface area contributed by atoms with Gasteiger partial charge in [0.1, 0.15) is 5.75 Å². The van der Waals surface area contributed by atoms with Crippen LogP contribution in [0, 0.1) is 0 Å². The summed E-state index contributed by atoms with van der Waals surface area (Å²) >= 11 is 0. The maximum Gasteiger partial charge on any atom is 0.243 e. The van der Waals surface area contributed by atoms with Gasteiger partial charge in [0.25, 0.3) is 0 Å². The van der Waals surface area contributed by atoms with Crippen LogP contribution in [0.15, 0.2) is 89.8 Å². The largest absolute Gasteiger partial charge is 0.494 e. The molecule has 0 spiro atoms. The second-order valence-corrected chi connectivity index (χ2v) is 12.8. The molecule has 218 valence electrons. The van der Waals surface area contributed by atoms with Crippen molar-refractivity contribution in [2.75, 3.05) is 39.3 Å². The number of rotatable bonds is 10. The van der Waals surface area contributed by atoms with Gasteiger partial charge in [-0.2, -0.15) is 4.31 Å². The summed E-state index contributed by atoms with van der Waals surface area (Å²) in [4.78, 5) is 18.1. The van der Waals surface area contributed by atoms with Gasteiger partial charge in [-0.05, 0) is 55.2 Å². The van der Waals surface area contributed by atoms with Crippen LogP contribution in [0.25, 0.3) is 0 Å². The monoisotopic (exact) mass is 575 g/mol. The number of carbonyl (C=O) groups excluding carboxylic acids is 1. The Bertz CT molecular complexity index is 1310. The molecule has 2 fully saturated rings. The molecule has 0 atom stereocenters. The van der Waals surface area contributed by atoms with Gasteiger partial charge in [0.05, 0.1) is 24.1 Å². The summed E-state index contributed by atoms with van der Waals surface area (Å²) in [7, 11) is -3.84. The quantitative estimate of drug-likeness (QED) is 0.326. The molecular formula is C33H41N3O4S. The number of carbonyl (C=O) groups is 1. The lowest BCUT2D eigenvalue weighted by Gasteiger charge is -2.41. The zero-order chi connectivity index (χ0) is 28.7. The maximum atomic E-state index is 13.9. The van der Waals surface area contributed by atoms with Crippen molar-refractivity contribution in [3.05, 3.63) is 96.1 Å². The first kappa shape index (κ1) is 29.3. The number of ether oxygens (including phenoxy) is 1. The van der Waals surface area contributed by atoms with Gasteiger partial charge in [-0.3, -0.25) is 9.69 Å². The van der Waals surface area contributed by atoms with E-state index < -0.39 is 10.0 Å². The summed E-state index contributed by atoms with van der Waals surface area (Å²) in [6.45, 7) is 4.85. The minimum atomic E-state index is -3.84. The third-order valence-electron chi connectivity index (χ3n) is 8.28. The molecule has 41 heavy (non-hydrogen) atoms. The minimum absolute atomic E-state index is 0.105.